The first-order valence-electron chi connectivity index (χ1n) is 24.0. The van der Waals surface area contributed by atoms with Crippen molar-refractivity contribution in [3.8, 4) is 5.75 Å². The van der Waals surface area contributed by atoms with Crippen LogP contribution in [0.3, 0.4) is 0 Å². The van der Waals surface area contributed by atoms with E-state index in [1.165, 1.54) is 43.0 Å². The number of aromatic hydroxyl groups is 1. The van der Waals surface area contributed by atoms with E-state index >= 15 is 0 Å². The van der Waals surface area contributed by atoms with Crippen molar-refractivity contribution in [2.75, 3.05) is 30.1 Å². The summed E-state index contributed by atoms with van der Waals surface area (Å²) in [5, 5.41) is 67.5. The molecule has 2 aromatic carbocycles. The van der Waals surface area contributed by atoms with Crippen LogP contribution in [0.2, 0.25) is 0 Å². The molecule has 28 heteroatoms. The summed E-state index contributed by atoms with van der Waals surface area (Å²) in [5.41, 5.74) is 8.26. The molecule has 1 aliphatic heterocycles. The van der Waals surface area contributed by atoms with E-state index in [9.17, 15) is 73.5 Å². The SMILES string of the molecule is CSCC[C@H](NC(=O)[C@@H](NC(=O)[C@@H](N)Cc1c[nH]c2ccccc12)[C@@H](C)O)C(=O)N[C@@H](CS)C(=O)N[C@@H](Cc1ccc(O)cc1)C(=O)N1CCC[C@H]1C(=O)N[C@@H](CC(=O)O)C(=O)N[C@H](C(=O)N[C@@H](CS)C(=O)O)[C@@H](C)O. The molecule has 3 aromatic rings. The van der Waals surface area contributed by atoms with Crippen LogP contribution in [0.25, 0.3) is 10.9 Å². The topological polar surface area (TPSA) is 401 Å². The number of rotatable bonds is 29. The van der Waals surface area contributed by atoms with E-state index in [2.05, 4.69) is 67.5 Å². The first kappa shape index (κ1) is 62.0. The number of benzene rings is 2. The fourth-order valence-corrected chi connectivity index (χ4v) is 9.11. The number of aliphatic hydroxyl groups is 2. The minimum atomic E-state index is -1.88. The zero-order valence-electron chi connectivity index (χ0n) is 41.8. The van der Waals surface area contributed by atoms with Crippen LogP contribution < -0.4 is 43.0 Å². The van der Waals surface area contributed by atoms with Crippen LogP contribution in [0.15, 0.2) is 54.7 Å². The maximum Gasteiger partial charge on any atom is 0.327 e. The zero-order valence-corrected chi connectivity index (χ0v) is 44.4. The van der Waals surface area contributed by atoms with Crippen molar-refractivity contribution in [2.45, 2.75) is 119 Å². The highest BCUT2D eigenvalue weighted by Gasteiger charge is 2.41. The van der Waals surface area contributed by atoms with E-state index in [0.717, 1.165) is 28.3 Å². The molecule has 8 amide bonds. The number of hydrogen-bond acceptors (Lipinski definition) is 17. The molecule has 416 valence electrons. The number of aromatic amines is 1. The number of likely N-dealkylation sites (tertiary alicyclic amines) is 1. The van der Waals surface area contributed by atoms with Gasteiger partial charge in [0.15, 0.2) is 0 Å². The van der Waals surface area contributed by atoms with Gasteiger partial charge >= 0.3 is 11.9 Å². The largest absolute Gasteiger partial charge is 0.508 e. The van der Waals surface area contributed by atoms with Crippen LogP contribution >= 0.6 is 37.0 Å². The lowest BCUT2D eigenvalue weighted by Crippen LogP contribution is -2.62. The van der Waals surface area contributed by atoms with Gasteiger partial charge in [-0.25, -0.2) is 4.79 Å². The van der Waals surface area contributed by atoms with Gasteiger partial charge in [-0.05, 0) is 80.9 Å². The second-order valence-corrected chi connectivity index (χ2v) is 19.8. The minimum Gasteiger partial charge on any atom is -0.508 e. The number of fused-ring (bicyclic) bond motifs is 1. The number of nitrogens with one attached hydrogen (secondary N) is 8. The fourth-order valence-electron chi connectivity index (χ4n) is 8.13. The van der Waals surface area contributed by atoms with Crippen LogP contribution in [0.4, 0.5) is 0 Å². The second kappa shape index (κ2) is 29.6. The zero-order chi connectivity index (χ0) is 56.4. The van der Waals surface area contributed by atoms with Crippen LogP contribution in [-0.2, 0) is 60.8 Å². The molecule has 25 nitrogen and oxygen atoms in total. The molecule has 15 N–H and O–H groups in total. The minimum absolute atomic E-state index is 0.00769. The number of aliphatic carboxylic acids is 2. The molecule has 0 unspecified atom stereocenters. The Balaban J connectivity index is 1.50. The third kappa shape index (κ3) is 17.8. The maximum absolute atomic E-state index is 14.5. The van der Waals surface area contributed by atoms with E-state index in [0.29, 0.717) is 11.3 Å². The molecule has 4 rings (SSSR count). The number of hydrogen-bond donors (Lipinski definition) is 16. The van der Waals surface area contributed by atoms with Gasteiger partial charge in [0.1, 0.15) is 54.1 Å². The Labute approximate surface area is 452 Å². The van der Waals surface area contributed by atoms with Gasteiger partial charge in [0, 0.05) is 41.6 Å². The number of H-pyrrole nitrogens is 1. The van der Waals surface area contributed by atoms with Crippen molar-refractivity contribution in [1.82, 2.24) is 47.1 Å². The number of carbonyl (C=O) groups excluding carboxylic acids is 8. The number of nitrogens with zero attached hydrogens (tertiary/aromatic N) is 1. The molecule has 1 aromatic heterocycles. The number of phenols is 1. The average Bonchev–Trinajstić information content (AvgIpc) is 4.04. The normalized spacial score (nSPS) is 17.2. The van der Waals surface area contributed by atoms with E-state index in [1.807, 2.05) is 24.3 Å². The summed E-state index contributed by atoms with van der Waals surface area (Å²) in [4.78, 5) is 138. The monoisotopic (exact) mass is 1120 g/mol. The number of thioether (sulfide) groups is 1. The van der Waals surface area contributed by atoms with Gasteiger partial charge in [-0.3, -0.25) is 43.2 Å². The highest BCUT2D eigenvalue weighted by atomic mass is 32.2. The van der Waals surface area contributed by atoms with E-state index in [4.69, 9.17) is 5.73 Å². The van der Waals surface area contributed by atoms with Crippen molar-refractivity contribution < 1.29 is 73.5 Å². The Morgan fingerprint density at radius 3 is 1.84 bits per heavy atom. The van der Waals surface area contributed by atoms with Gasteiger partial charge in [0.2, 0.25) is 47.3 Å². The summed E-state index contributed by atoms with van der Waals surface area (Å²) >= 11 is 9.49. The van der Waals surface area contributed by atoms with Gasteiger partial charge in [0.25, 0.3) is 0 Å². The Morgan fingerprint density at radius 2 is 1.26 bits per heavy atom. The smallest absolute Gasteiger partial charge is 0.327 e. The molecule has 1 fully saturated rings. The second-order valence-electron chi connectivity index (χ2n) is 18.1. The fraction of sp³-hybridized carbons (Fsp3) is 0.500. The molecule has 1 aliphatic rings. The van der Waals surface area contributed by atoms with E-state index < -0.39 is 132 Å². The number of carbonyl (C=O) groups is 10. The van der Waals surface area contributed by atoms with Gasteiger partial charge in [-0.2, -0.15) is 37.0 Å². The Morgan fingerprint density at radius 1 is 0.711 bits per heavy atom. The van der Waals surface area contributed by atoms with Crippen molar-refractivity contribution in [3.05, 3.63) is 65.9 Å². The Kier molecular flexibility index (Phi) is 24.2. The van der Waals surface area contributed by atoms with Gasteiger partial charge in [-0.15, -0.1) is 0 Å². The predicted octanol–water partition coefficient (Wildman–Crippen LogP) is -2.70. The third-order valence-electron chi connectivity index (χ3n) is 12.3. The molecule has 0 radical (unpaired) electrons. The van der Waals surface area contributed by atoms with Crippen LogP contribution in [0.5, 0.6) is 5.75 Å². The van der Waals surface area contributed by atoms with Gasteiger partial charge < -0.3 is 78.4 Å². The van der Waals surface area contributed by atoms with Gasteiger partial charge in [0.05, 0.1) is 24.7 Å². The lowest BCUT2D eigenvalue weighted by molar-refractivity contribution is -0.145. The van der Waals surface area contributed by atoms with Gasteiger partial charge in [-0.1, -0.05) is 30.3 Å². The van der Waals surface area contributed by atoms with Crippen LogP contribution in [0.1, 0.15) is 50.7 Å². The first-order valence-corrected chi connectivity index (χ1v) is 26.7. The number of thiol groups is 2. The number of nitrogens with two attached hydrogens (primary N) is 1. The standard InChI is InChI=1S/C48H66N10O15S3/c1-23(59)38(56-40(64)29(49)18-26-20-50-30-8-5-4-7-28(26)30)45(69)51-31(14-16-76-3)41(65)54-34(21-74)43(67)53-33(17-25-10-12-27(61)13-11-25)47(71)58-15-6-9-36(58)44(68)52-32(19-37(62)63)42(66)57-39(24(2)60)46(70)55-35(22-75)48(72)73/h4-5,7-8,10-13,20,23-24,29,31-36,38-39,50,59-61,74-75H,6,9,14-19,21-22,49H2,1-3H3,(H,51,69)(H,52,68)(H,53,67)(H,54,65)(H,55,70)(H,56,64)(H,57,66)(H,62,63)(H,72,73)/t23-,24-,29+,31+,32+,33+,34+,35+,36+,38+,39+/m1/s1. The molecule has 2 heterocycles. The van der Waals surface area contributed by atoms with Crippen molar-refractivity contribution in [3.63, 3.8) is 0 Å². The first-order chi connectivity index (χ1) is 36.0. The summed E-state index contributed by atoms with van der Waals surface area (Å²) in [6.07, 6.45) is -0.516. The summed E-state index contributed by atoms with van der Waals surface area (Å²) in [6, 6.07) is -0.479. The lowest BCUT2D eigenvalue weighted by atomic mass is 10.0. The summed E-state index contributed by atoms with van der Waals surface area (Å²) in [5.74, 6) is -11.2. The molecule has 0 bridgehead atoms. The van der Waals surface area contributed by atoms with E-state index in [1.54, 1.807) is 12.5 Å². The molecular formula is C48H66N10O15S3. The number of aromatic nitrogens is 1. The number of carboxylic acid groups (broad SMARTS) is 2. The number of phenolic OH excluding ortho intramolecular Hbond substituents is 1. The molecule has 0 aliphatic carbocycles. The molecule has 0 spiro atoms. The van der Waals surface area contributed by atoms with Crippen LogP contribution in [0, 0.1) is 0 Å². The van der Waals surface area contributed by atoms with E-state index in [-0.39, 0.29) is 55.9 Å². The summed E-state index contributed by atoms with van der Waals surface area (Å²) in [6.45, 7) is 2.31. The predicted molar refractivity (Wildman–Crippen MR) is 284 cm³/mol. The summed E-state index contributed by atoms with van der Waals surface area (Å²) in [7, 11) is 0. The average molecular weight is 1120 g/mol. The maximum atomic E-state index is 14.5. The molecule has 11 atom stereocenters. The molecular weight excluding hydrogens is 1050 g/mol. The van der Waals surface area contributed by atoms with Crippen molar-refractivity contribution in [2.24, 2.45) is 5.73 Å². The third-order valence-corrected chi connectivity index (χ3v) is 13.6. The molecule has 0 saturated carbocycles. The number of para-hydroxylation sites is 1. The number of carboxylic acids is 2. The quantitative estimate of drug-likeness (QED) is 0.0315. The highest BCUT2D eigenvalue weighted by Crippen LogP contribution is 2.22. The number of amides is 8. The molecule has 1 saturated heterocycles. The highest BCUT2D eigenvalue weighted by molar-refractivity contribution is 7.98. The lowest BCUT2D eigenvalue weighted by Gasteiger charge is -2.31. The molecule has 76 heavy (non-hydrogen) atoms. The van der Waals surface area contributed by atoms with Crippen LogP contribution in [-0.4, -0.2) is 191 Å². The Hall–Kier alpha value is -6.59. The van der Waals surface area contributed by atoms with Crippen molar-refractivity contribution in [1.29, 1.82) is 0 Å². The van der Waals surface area contributed by atoms with Crippen molar-refractivity contribution >= 4 is 107 Å². The Bertz CT molecular complexity index is 2550. The summed E-state index contributed by atoms with van der Waals surface area (Å²) < 4.78 is 0. The number of aliphatic hydroxyl groups excluding tert-OH is 2.